The lowest BCUT2D eigenvalue weighted by atomic mass is 10.1. The lowest BCUT2D eigenvalue weighted by molar-refractivity contribution is -0.384. The van der Waals surface area contributed by atoms with Gasteiger partial charge in [0.1, 0.15) is 5.82 Å². The first-order valence-corrected chi connectivity index (χ1v) is 11.5. The minimum Gasteiger partial charge on any atom is -0.329 e. The monoisotopic (exact) mass is 482 g/mol. The smallest absolute Gasteiger partial charge is 0.269 e. The van der Waals surface area contributed by atoms with Crippen molar-refractivity contribution in [3.8, 4) is 0 Å². The summed E-state index contributed by atoms with van der Waals surface area (Å²) >= 11 is 6.11. The summed E-state index contributed by atoms with van der Waals surface area (Å²) in [6.45, 7) is 4.44. The van der Waals surface area contributed by atoms with Crippen molar-refractivity contribution in [3.05, 3.63) is 85.4 Å². The summed E-state index contributed by atoms with van der Waals surface area (Å²) in [5, 5.41) is 11.8. The molecule has 0 saturated carbocycles. The van der Waals surface area contributed by atoms with E-state index < -0.39 is 11.0 Å². The van der Waals surface area contributed by atoms with E-state index in [9.17, 15) is 19.7 Å². The Kier molecular flexibility index (Phi) is 8.17. The van der Waals surface area contributed by atoms with Crippen LogP contribution in [0.2, 0.25) is 5.02 Å². The summed E-state index contributed by atoms with van der Waals surface area (Å²) in [5.41, 5.74) is 0.943. The fraction of sp³-hybridized carbons (Fsp3) is 0.320. The fourth-order valence-electron chi connectivity index (χ4n) is 3.77. The molecule has 0 N–H and O–H groups in total. The standard InChI is InChI=1S/C25H27ClN4O4/c1-4-5-6-15-29(23(31)14-9-18-7-11-20(12-8-18)30(33)34)17(2)24-27-22-16-19(26)10-13-21(22)25(32)28(24)3/h7-14,16-17H,4-6,15H2,1-3H3/b14-9+. The number of nitrogens with zero attached hydrogens (tertiary/aromatic N) is 4. The Morgan fingerprint density at radius 2 is 1.94 bits per heavy atom. The van der Waals surface area contributed by atoms with Gasteiger partial charge in [-0.2, -0.15) is 0 Å². The van der Waals surface area contributed by atoms with Gasteiger partial charge in [-0.15, -0.1) is 0 Å². The number of carbonyl (C=O) groups is 1. The molecule has 2 aromatic carbocycles. The quantitative estimate of drug-likeness (QED) is 0.178. The molecule has 3 rings (SSSR count). The van der Waals surface area contributed by atoms with E-state index in [-0.39, 0.29) is 17.2 Å². The van der Waals surface area contributed by atoms with Gasteiger partial charge in [-0.1, -0.05) is 31.4 Å². The molecule has 0 aliphatic heterocycles. The number of fused-ring (bicyclic) bond motifs is 1. The first-order valence-electron chi connectivity index (χ1n) is 11.1. The minimum absolute atomic E-state index is 0.0123. The van der Waals surface area contributed by atoms with Crippen LogP contribution in [0.1, 0.15) is 50.5 Å². The van der Waals surface area contributed by atoms with E-state index in [1.165, 1.54) is 22.8 Å². The first kappa shape index (κ1) is 25.1. The maximum Gasteiger partial charge on any atom is 0.269 e. The van der Waals surface area contributed by atoms with Gasteiger partial charge < -0.3 is 4.90 Å². The highest BCUT2D eigenvalue weighted by Crippen LogP contribution is 2.23. The SMILES string of the molecule is CCCCCN(C(=O)/C=C/c1ccc([N+](=O)[O-])cc1)C(C)c1nc2cc(Cl)ccc2c(=O)n1C. The van der Waals surface area contributed by atoms with E-state index in [0.29, 0.717) is 33.9 Å². The van der Waals surface area contributed by atoms with Crippen molar-refractivity contribution in [1.29, 1.82) is 0 Å². The van der Waals surface area contributed by atoms with Crippen LogP contribution < -0.4 is 5.56 Å². The molecule has 1 unspecified atom stereocenters. The molecule has 1 aromatic heterocycles. The number of unbranched alkanes of at least 4 members (excludes halogenated alkanes) is 2. The predicted octanol–water partition coefficient (Wildman–Crippen LogP) is 5.29. The van der Waals surface area contributed by atoms with Crippen molar-refractivity contribution in [2.75, 3.05) is 6.54 Å². The molecule has 0 bridgehead atoms. The molecule has 1 heterocycles. The molecular weight excluding hydrogens is 456 g/mol. The molecule has 0 saturated heterocycles. The second-order valence-corrected chi connectivity index (χ2v) is 8.53. The Morgan fingerprint density at radius 3 is 2.59 bits per heavy atom. The van der Waals surface area contributed by atoms with Gasteiger partial charge in [0.15, 0.2) is 0 Å². The summed E-state index contributed by atoms with van der Waals surface area (Å²) in [5.74, 6) is 0.232. The number of nitro benzene ring substituents is 1. The molecule has 34 heavy (non-hydrogen) atoms. The van der Waals surface area contributed by atoms with Crippen LogP contribution in [0.5, 0.6) is 0 Å². The van der Waals surface area contributed by atoms with E-state index >= 15 is 0 Å². The molecule has 0 aliphatic carbocycles. The topological polar surface area (TPSA) is 98.3 Å². The Balaban J connectivity index is 1.93. The summed E-state index contributed by atoms with van der Waals surface area (Å²) in [4.78, 5) is 42.9. The van der Waals surface area contributed by atoms with Gasteiger partial charge in [-0.3, -0.25) is 24.3 Å². The van der Waals surface area contributed by atoms with E-state index in [1.54, 1.807) is 48.4 Å². The number of aromatic nitrogens is 2. The van der Waals surface area contributed by atoms with Crippen molar-refractivity contribution < 1.29 is 9.72 Å². The van der Waals surface area contributed by atoms with Gasteiger partial charge in [0.2, 0.25) is 5.91 Å². The van der Waals surface area contributed by atoms with Crippen LogP contribution in [-0.2, 0) is 11.8 Å². The lowest BCUT2D eigenvalue weighted by Crippen LogP contribution is -2.37. The molecule has 0 fully saturated rings. The Morgan fingerprint density at radius 1 is 1.24 bits per heavy atom. The zero-order valence-corrected chi connectivity index (χ0v) is 20.2. The Hall–Kier alpha value is -3.52. The minimum atomic E-state index is -0.468. The highest BCUT2D eigenvalue weighted by Gasteiger charge is 2.24. The first-order chi connectivity index (χ1) is 16.2. The third kappa shape index (κ3) is 5.69. The van der Waals surface area contributed by atoms with Gasteiger partial charge in [0.25, 0.3) is 11.2 Å². The number of hydrogen-bond acceptors (Lipinski definition) is 5. The molecule has 1 amide bonds. The van der Waals surface area contributed by atoms with Gasteiger partial charge >= 0.3 is 0 Å². The van der Waals surface area contributed by atoms with E-state index in [0.717, 1.165) is 19.3 Å². The lowest BCUT2D eigenvalue weighted by Gasteiger charge is -2.29. The van der Waals surface area contributed by atoms with Crippen molar-refractivity contribution >= 4 is 40.2 Å². The van der Waals surface area contributed by atoms with Crippen molar-refractivity contribution in [2.45, 2.75) is 39.2 Å². The van der Waals surface area contributed by atoms with Gasteiger partial charge in [-0.25, -0.2) is 4.98 Å². The van der Waals surface area contributed by atoms with Gasteiger partial charge in [-0.05, 0) is 55.3 Å². The second kappa shape index (κ2) is 11.1. The van der Waals surface area contributed by atoms with Gasteiger partial charge in [0, 0.05) is 36.8 Å². The van der Waals surface area contributed by atoms with Crippen LogP contribution in [0.3, 0.4) is 0 Å². The van der Waals surface area contributed by atoms with E-state index in [4.69, 9.17) is 11.6 Å². The summed E-state index contributed by atoms with van der Waals surface area (Å²) in [6, 6.07) is 10.4. The fourth-order valence-corrected chi connectivity index (χ4v) is 3.94. The molecule has 0 aliphatic rings. The highest BCUT2D eigenvalue weighted by molar-refractivity contribution is 6.31. The molecule has 9 heteroatoms. The number of hydrogen-bond donors (Lipinski definition) is 0. The number of nitro groups is 1. The Bertz CT molecular complexity index is 1280. The number of amides is 1. The van der Waals surface area contributed by atoms with Crippen LogP contribution in [-0.4, -0.2) is 31.8 Å². The Labute approximate surface area is 202 Å². The summed E-state index contributed by atoms with van der Waals surface area (Å²) in [7, 11) is 1.65. The molecular formula is C25H27ClN4O4. The summed E-state index contributed by atoms with van der Waals surface area (Å²) < 4.78 is 1.47. The van der Waals surface area contributed by atoms with Crippen molar-refractivity contribution in [3.63, 3.8) is 0 Å². The molecule has 0 radical (unpaired) electrons. The zero-order valence-electron chi connectivity index (χ0n) is 19.4. The number of non-ortho nitro benzene ring substituents is 1. The van der Waals surface area contributed by atoms with Crippen molar-refractivity contribution in [1.82, 2.24) is 14.5 Å². The molecule has 8 nitrogen and oxygen atoms in total. The highest BCUT2D eigenvalue weighted by atomic mass is 35.5. The maximum atomic E-state index is 13.2. The number of benzene rings is 2. The number of carbonyl (C=O) groups excluding carboxylic acids is 1. The molecule has 0 spiro atoms. The van der Waals surface area contributed by atoms with Crippen molar-refractivity contribution in [2.24, 2.45) is 7.05 Å². The van der Waals surface area contributed by atoms with E-state index in [2.05, 4.69) is 11.9 Å². The molecule has 3 aromatic rings. The zero-order chi connectivity index (χ0) is 24.8. The third-order valence-electron chi connectivity index (χ3n) is 5.72. The number of halogens is 1. The maximum absolute atomic E-state index is 13.2. The van der Waals surface area contributed by atoms with Crippen LogP contribution in [0.25, 0.3) is 17.0 Å². The summed E-state index contributed by atoms with van der Waals surface area (Å²) in [6.07, 6.45) is 5.84. The largest absolute Gasteiger partial charge is 0.329 e. The molecule has 1 atom stereocenters. The van der Waals surface area contributed by atoms with Crippen LogP contribution in [0.15, 0.2) is 53.3 Å². The average Bonchev–Trinajstić information content (AvgIpc) is 2.82. The third-order valence-corrected chi connectivity index (χ3v) is 5.96. The second-order valence-electron chi connectivity index (χ2n) is 8.09. The van der Waals surface area contributed by atoms with Crippen LogP contribution in [0, 0.1) is 10.1 Å². The van der Waals surface area contributed by atoms with E-state index in [1.807, 2.05) is 6.92 Å². The molecule has 178 valence electrons. The average molecular weight is 483 g/mol. The van der Waals surface area contributed by atoms with Gasteiger partial charge in [0.05, 0.1) is 21.9 Å². The van der Waals surface area contributed by atoms with Crippen LogP contribution in [0.4, 0.5) is 5.69 Å². The number of rotatable bonds is 9. The predicted molar refractivity (Wildman–Crippen MR) is 134 cm³/mol. The normalized spacial score (nSPS) is 12.2. The van der Waals surface area contributed by atoms with Crippen LogP contribution >= 0.6 is 11.6 Å².